The lowest BCUT2D eigenvalue weighted by atomic mass is 9.95. The van der Waals surface area contributed by atoms with Gasteiger partial charge in [0, 0.05) is 24.4 Å². The molecular formula is C24H21F2N3O4S. The summed E-state index contributed by atoms with van der Waals surface area (Å²) in [5.41, 5.74) is -0.339. The van der Waals surface area contributed by atoms with E-state index in [2.05, 4.69) is 0 Å². The fourth-order valence-corrected chi connectivity index (χ4v) is 4.90. The molecule has 0 saturated carbocycles. The van der Waals surface area contributed by atoms with E-state index < -0.39 is 33.6 Å². The second-order valence-electron chi connectivity index (χ2n) is 8.21. The Morgan fingerprint density at radius 1 is 1.03 bits per heavy atom. The van der Waals surface area contributed by atoms with Crippen LogP contribution in [0.25, 0.3) is 0 Å². The Morgan fingerprint density at radius 2 is 1.82 bits per heavy atom. The molecule has 0 radical (unpaired) electrons. The van der Waals surface area contributed by atoms with E-state index in [1.807, 2.05) is 0 Å². The quantitative estimate of drug-likeness (QED) is 0.518. The van der Waals surface area contributed by atoms with Gasteiger partial charge in [-0.1, -0.05) is 12.1 Å². The molecule has 34 heavy (non-hydrogen) atoms. The lowest BCUT2D eigenvalue weighted by Crippen LogP contribution is -2.61. The van der Waals surface area contributed by atoms with E-state index in [4.69, 9.17) is 17.4 Å². The predicted octanol–water partition coefficient (Wildman–Crippen LogP) is 3.19. The monoisotopic (exact) mass is 485 g/mol. The van der Waals surface area contributed by atoms with Gasteiger partial charge in [-0.05, 0) is 48.7 Å². The molecule has 0 saturated heterocycles. The zero-order valence-electron chi connectivity index (χ0n) is 17.9. The molecule has 1 N–H and O–H groups in total. The van der Waals surface area contributed by atoms with Crippen LogP contribution >= 0.6 is 12.6 Å². The highest BCUT2D eigenvalue weighted by atomic mass is 32.1. The largest absolute Gasteiger partial charge is 0.502 e. The lowest BCUT2D eigenvalue weighted by molar-refractivity contribution is 0.0672. The first-order valence-corrected chi connectivity index (χ1v) is 11.2. The molecule has 1 aromatic heterocycles. The molecule has 2 aliphatic heterocycles. The first-order valence-electron chi connectivity index (χ1n) is 10.7. The molecule has 1 atom stereocenters. The number of aromatic nitrogens is 1. The summed E-state index contributed by atoms with van der Waals surface area (Å²) in [5.74, 6) is -1.98. The van der Waals surface area contributed by atoms with Gasteiger partial charge in [-0.15, -0.1) is 12.6 Å². The van der Waals surface area contributed by atoms with Gasteiger partial charge in [0.1, 0.15) is 24.1 Å². The average molecular weight is 486 g/mol. The van der Waals surface area contributed by atoms with Crippen molar-refractivity contribution in [3.8, 4) is 11.5 Å². The number of nitrogens with zero attached hydrogens (tertiary/aromatic N) is 3. The minimum Gasteiger partial charge on any atom is -0.502 e. The van der Waals surface area contributed by atoms with Crippen LogP contribution in [0, 0.1) is 11.6 Å². The number of aromatic hydroxyl groups is 1. The van der Waals surface area contributed by atoms with Crippen LogP contribution in [0.2, 0.25) is 0 Å². The Kier molecular flexibility index (Phi) is 5.47. The number of ether oxygens (including phenoxy) is 1. The molecule has 0 fully saturated rings. The van der Waals surface area contributed by atoms with E-state index in [9.17, 15) is 23.5 Å². The molecule has 3 heterocycles. The van der Waals surface area contributed by atoms with E-state index >= 15 is 0 Å². The normalized spacial score (nSPS) is 20.1. The Balaban J connectivity index is 1.87. The fourth-order valence-electron chi connectivity index (χ4n) is 4.43. The highest BCUT2D eigenvalue weighted by molar-refractivity contribution is 7.81. The molecule has 2 aliphatic rings. The summed E-state index contributed by atoms with van der Waals surface area (Å²) in [4.78, 5) is 25.4. The van der Waals surface area contributed by atoms with E-state index in [1.54, 1.807) is 11.1 Å². The third-order valence-corrected chi connectivity index (χ3v) is 6.84. The summed E-state index contributed by atoms with van der Waals surface area (Å²) < 4.78 is 36.3. The second kappa shape index (κ2) is 8.35. The number of pyridine rings is 1. The van der Waals surface area contributed by atoms with Gasteiger partial charge in [-0.25, -0.2) is 8.78 Å². The SMILES string of the molecule is O=C1c2c(O)c(=O)ccn2N2CN1CCCCOc1ccc(F)cc1[C@@]2(S)c1cccc(F)c1. The molecule has 2 aromatic carbocycles. The molecule has 5 rings (SSSR count). The number of hydrogen-bond acceptors (Lipinski definition) is 6. The third-order valence-electron chi connectivity index (χ3n) is 6.11. The van der Waals surface area contributed by atoms with Crippen molar-refractivity contribution in [2.24, 2.45) is 0 Å². The van der Waals surface area contributed by atoms with Crippen LogP contribution in [0.5, 0.6) is 11.5 Å². The summed E-state index contributed by atoms with van der Waals surface area (Å²) in [5, 5.41) is 12.1. The summed E-state index contributed by atoms with van der Waals surface area (Å²) in [7, 11) is 0. The van der Waals surface area contributed by atoms with Crippen molar-refractivity contribution in [3.05, 3.63) is 93.4 Å². The van der Waals surface area contributed by atoms with Crippen molar-refractivity contribution >= 4 is 18.5 Å². The van der Waals surface area contributed by atoms with Gasteiger partial charge in [-0.3, -0.25) is 19.3 Å². The molecule has 176 valence electrons. The first kappa shape index (κ1) is 22.3. The van der Waals surface area contributed by atoms with Gasteiger partial charge in [0.2, 0.25) is 5.43 Å². The Morgan fingerprint density at radius 3 is 2.62 bits per heavy atom. The minimum absolute atomic E-state index is 0.0237. The smallest absolute Gasteiger partial charge is 0.277 e. The Bertz CT molecular complexity index is 1350. The summed E-state index contributed by atoms with van der Waals surface area (Å²) in [6, 6.07) is 10.8. The maximum absolute atomic E-state index is 14.6. The molecule has 1 amide bonds. The maximum atomic E-state index is 14.6. The average Bonchev–Trinajstić information content (AvgIpc) is 2.84. The van der Waals surface area contributed by atoms with Crippen LogP contribution in [0.1, 0.15) is 34.5 Å². The van der Waals surface area contributed by atoms with Gasteiger partial charge in [0.25, 0.3) is 5.91 Å². The van der Waals surface area contributed by atoms with Crippen molar-refractivity contribution in [2.75, 3.05) is 24.8 Å². The van der Waals surface area contributed by atoms with E-state index in [1.165, 1.54) is 52.2 Å². The number of rotatable bonds is 1. The number of benzene rings is 2. The van der Waals surface area contributed by atoms with Crippen molar-refractivity contribution < 1.29 is 23.4 Å². The van der Waals surface area contributed by atoms with E-state index in [0.717, 1.165) is 6.07 Å². The Labute approximate surface area is 199 Å². The summed E-state index contributed by atoms with van der Waals surface area (Å²) in [6.45, 7) is 0.604. The van der Waals surface area contributed by atoms with Crippen LogP contribution in [-0.4, -0.2) is 40.4 Å². The standard InChI is InChI=1S/C24H21F2N3O4S/c25-16-5-3-4-15(12-16)24(34)18-13-17(26)6-7-20(18)33-11-2-1-9-27-14-29(24)28-10-8-19(30)22(31)21(28)23(27)32/h3-8,10,12-13,31,34H,1-2,9,11,14H2/t24-/m0/s1. The molecule has 0 spiro atoms. The number of halogens is 2. The molecule has 10 heteroatoms. The molecule has 2 bridgehead atoms. The van der Waals surface area contributed by atoms with Gasteiger partial charge in [0.15, 0.2) is 16.3 Å². The second-order valence-corrected chi connectivity index (χ2v) is 8.86. The highest BCUT2D eigenvalue weighted by Crippen LogP contribution is 2.45. The third kappa shape index (κ3) is 3.49. The Hall–Kier alpha value is -3.53. The summed E-state index contributed by atoms with van der Waals surface area (Å²) >= 11 is 5.01. The zero-order chi connectivity index (χ0) is 24.0. The predicted molar refractivity (Wildman–Crippen MR) is 124 cm³/mol. The number of thiol groups is 1. The van der Waals surface area contributed by atoms with Crippen LogP contribution < -0.4 is 15.2 Å². The van der Waals surface area contributed by atoms with E-state index in [-0.39, 0.29) is 17.9 Å². The van der Waals surface area contributed by atoms with Gasteiger partial charge in [0.05, 0.1) is 6.61 Å². The summed E-state index contributed by atoms with van der Waals surface area (Å²) in [6.07, 6.45) is 2.54. The topological polar surface area (TPSA) is 75.0 Å². The maximum Gasteiger partial charge on any atom is 0.277 e. The first-order chi connectivity index (χ1) is 16.3. The molecule has 0 aliphatic carbocycles. The van der Waals surface area contributed by atoms with Crippen LogP contribution in [0.3, 0.4) is 0 Å². The number of amides is 1. The number of hydrogen-bond donors (Lipinski definition) is 2. The zero-order valence-corrected chi connectivity index (χ0v) is 18.8. The van der Waals surface area contributed by atoms with Gasteiger partial charge >= 0.3 is 0 Å². The van der Waals surface area contributed by atoms with Crippen molar-refractivity contribution in [1.29, 1.82) is 0 Å². The minimum atomic E-state index is -1.57. The number of fused-ring (bicyclic) bond motifs is 5. The van der Waals surface area contributed by atoms with Crippen LogP contribution in [0.15, 0.2) is 59.5 Å². The molecule has 3 aromatic rings. The lowest BCUT2D eigenvalue weighted by Gasteiger charge is -2.49. The van der Waals surface area contributed by atoms with Gasteiger partial charge in [-0.2, -0.15) is 0 Å². The molecule has 0 unspecified atom stereocenters. The number of carbonyl (C=O) groups is 1. The number of carbonyl (C=O) groups excluding carboxylic acids is 1. The van der Waals surface area contributed by atoms with Crippen molar-refractivity contribution in [1.82, 2.24) is 9.58 Å². The molecular weight excluding hydrogens is 464 g/mol. The van der Waals surface area contributed by atoms with E-state index in [0.29, 0.717) is 37.3 Å². The van der Waals surface area contributed by atoms with Crippen LogP contribution in [0.4, 0.5) is 8.78 Å². The van der Waals surface area contributed by atoms with Gasteiger partial charge < -0.3 is 14.7 Å². The van der Waals surface area contributed by atoms with Crippen molar-refractivity contribution in [3.63, 3.8) is 0 Å². The van der Waals surface area contributed by atoms with Crippen LogP contribution in [-0.2, 0) is 4.87 Å². The highest BCUT2D eigenvalue weighted by Gasteiger charge is 2.46. The fraction of sp³-hybridized carbons (Fsp3) is 0.250. The molecule has 7 nitrogen and oxygen atoms in total. The van der Waals surface area contributed by atoms with Crippen molar-refractivity contribution in [2.45, 2.75) is 17.7 Å².